The van der Waals surface area contributed by atoms with E-state index in [2.05, 4.69) is 36.1 Å². The minimum atomic E-state index is 0.274. The van der Waals surface area contributed by atoms with Crippen molar-refractivity contribution in [1.29, 1.82) is 0 Å². The number of anilines is 1. The number of hydrogen-bond acceptors (Lipinski definition) is 1. The van der Waals surface area contributed by atoms with Crippen LogP contribution in [0.15, 0.2) is 30.3 Å². The van der Waals surface area contributed by atoms with Crippen molar-refractivity contribution in [1.82, 2.24) is 0 Å². The molecule has 1 nitrogen and oxygen atoms in total. The largest absolute Gasteiger partial charge is 0.385 e. The van der Waals surface area contributed by atoms with E-state index in [-0.39, 0.29) is 9.52 Å². The molecule has 12 heavy (non-hydrogen) atoms. The molecule has 1 rings (SSSR count). The molecule has 0 aliphatic rings. The molecule has 0 saturated heterocycles. The zero-order valence-corrected chi connectivity index (χ0v) is 9.13. The van der Waals surface area contributed by atoms with Gasteiger partial charge >= 0.3 is 0 Å². The van der Waals surface area contributed by atoms with Crippen LogP contribution in [-0.2, 0) is 0 Å². The minimum absolute atomic E-state index is 0.274. The van der Waals surface area contributed by atoms with Gasteiger partial charge < -0.3 is 5.32 Å². The van der Waals surface area contributed by atoms with Gasteiger partial charge in [-0.2, -0.15) is 0 Å². The summed E-state index contributed by atoms with van der Waals surface area (Å²) in [5, 5.41) is 3.40. The van der Waals surface area contributed by atoms with Crippen LogP contribution >= 0.6 is 0 Å². The van der Waals surface area contributed by atoms with Crippen LogP contribution in [0.25, 0.3) is 0 Å². The molecule has 0 saturated carbocycles. The summed E-state index contributed by atoms with van der Waals surface area (Å²) in [6, 6.07) is 11.9. The Morgan fingerprint density at radius 1 is 1.25 bits per heavy atom. The Morgan fingerprint density at radius 3 is 2.67 bits per heavy atom. The Balaban J connectivity index is 2.16. The number of rotatable bonds is 5. The van der Waals surface area contributed by atoms with Gasteiger partial charge in [0.1, 0.15) is 0 Å². The van der Waals surface area contributed by atoms with Crippen molar-refractivity contribution in [3.63, 3.8) is 0 Å². The van der Waals surface area contributed by atoms with E-state index in [1.165, 1.54) is 18.2 Å². The van der Waals surface area contributed by atoms with Gasteiger partial charge in [-0.1, -0.05) is 30.8 Å². The summed E-state index contributed by atoms with van der Waals surface area (Å²) in [6.07, 6.45) is 1.33. The Hall–Kier alpha value is -0.763. The lowest BCUT2D eigenvalue weighted by Crippen LogP contribution is -2.01. The molecule has 0 heterocycles. The normalized spacial score (nSPS) is 10.8. The zero-order chi connectivity index (χ0) is 8.65. The average Bonchev–Trinajstić information content (AvgIpc) is 2.14. The third-order valence-electron chi connectivity index (χ3n) is 1.88. The molecule has 2 heteroatoms. The van der Waals surface area contributed by atoms with E-state index in [1.807, 2.05) is 6.07 Å². The number of nitrogens with one attached hydrogen (secondary N) is 1. The van der Waals surface area contributed by atoms with Crippen LogP contribution in [-0.4, -0.2) is 16.1 Å². The average molecular weight is 179 g/mol. The molecule has 66 valence electrons. The molecule has 0 radical (unpaired) electrons. The Morgan fingerprint density at radius 2 is 2.00 bits per heavy atom. The second-order valence-electron chi connectivity index (χ2n) is 3.00. The fourth-order valence-corrected chi connectivity index (χ4v) is 1.91. The maximum atomic E-state index is 3.40. The summed E-state index contributed by atoms with van der Waals surface area (Å²) in [4.78, 5) is 0. The lowest BCUT2D eigenvalue weighted by Gasteiger charge is -2.04. The molecular formula is C10H17NSi. The van der Waals surface area contributed by atoms with Crippen molar-refractivity contribution in [2.45, 2.75) is 19.0 Å². The second-order valence-corrected chi connectivity index (χ2v) is 4.71. The van der Waals surface area contributed by atoms with Crippen LogP contribution in [0.4, 0.5) is 5.69 Å². The molecular weight excluding hydrogens is 162 g/mol. The fraction of sp³-hybridized carbons (Fsp3) is 0.400. The van der Waals surface area contributed by atoms with Crippen molar-refractivity contribution in [3.8, 4) is 0 Å². The molecule has 0 aliphatic heterocycles. The van der Waals surface area contributed by atoms with Crippen LogP contribution in [0.2, 0.25) is 12.6 Å². The van der Waals surface area contributed by atoms with E-state index in [4.69, 9.17) is 0 Å². The highest BCUT2D eigenvalue weighted by atomic mass is 28.2. The summed E-state index contributed by atoms with van der Waals surface area (Å²) in [5.41, 5.74) is 1.25. The maximum absolute atomic E-state index is 3.40. The summed E-state index contributed by atoms with van der Waals surface area (Å²) in [5.74, 6) is 0. The molecule has 0 unspecified atom stereocenters. The van der Waals surface area contributed by atoms with Gasteiger partial charge in [0.2, 0.25) is 0 Å². The molecule has 0 amide bonds. The standard InChI is InChI=1S/C10H17NSi/c1-12-9-5-8-11-10-6-3-2-4-7-10/h2-4,6-7,11H,5,8-9,12H2,1H3. The monoisotopic (exact) mass is 179 g/mol. The maximum Gasteiger partial charge on any atom is 0.0340 e. The van der Waals surface area contributed by atoms with Gasteiger partial charge in [0.25, 0.3) is 0 Å². The van der Waals surface area contributed by atoms with E-state index in [9.17, 15) is 0 Å². The number of para-hydroxylation sites is 1. The van der Waals surface area contributed by atoms with Gasteiger partial charge in [-0.05, 0) is 18.6 Å². The second kappa shape index (κ2) is 5.83. The van der Waals surface area contributed by atoms with Crippen LogP contribution in [0.1, 0.15) is 6.42 Å². The smallest absolute Gasteiger partial charge is 0.0340 e. The van der Waals surface area contributed by atoms with Gasteiger partial charge in [0, 0.05) is 21.8 Å². The Bertz CT molecular complexity index is 198. The number of benzene rings is 1. The quantitative estimate of drug-likeness (QED) is 0.539. The van der Waals surface area contributed by atoms with Gasteiger partial charge in [0.15, 0.2) is 0 Å². The molecule has 0 fully saturated rings. The molecule has 0 aliphatic carbocycles. The van der Waals surface area contributed by atoms with Crippen LogP contribution in [0, 0.1) is 0 Å². The van der Waals surface area contributed by atoms with Crippen molar-refractivity contribution in [3.05, 3.63) is 30.3 Å². The summed E-state index contributed by atoms with van der Waals surface area (Å²) in [7, 11) is 0.274. The lowest BCUT2D eigenvalue weighted by molar-refractivity contribution is 0.971. The topological polar surface area (TPSA) is 12.0 Å². The molecule has 1 aromatic carbocycles. The van der Waals surface area contributed by atoms with Gasteiger partial charge in [-0.25, -0.2) is 0 Å². The molecule has 1 aromatic rings. The van der Waals surface area contributed by atoms with Gasteiger partial charge in [-0.3, -0.25) is 0 Å². The first-order valence-electron chi connectivity index (χ1n) is 4.72. The van der Waals surface area contributed by atoms with Crippen molar-refractivity contribution in [2.75, 3.05) is 11.9 Å². The lowest BCUT2D eigenvalue weighted by atomic mass is 10.3. The first kappa shape index (κ1) is 9.33. The van der Waals surface area contributed by atoms with Gasteiger partial charge in [0.05, 0.1) is 0 Å². The highest BCUT2D eigenvalue weighted by Crippen LogP contribution is 2.04. The first-order chi connectivity index (χ1) is 5.93. The van der Waals surface area contributed by atoms with Gasteiger partial charge in [-0.15, -0.1) is 0 Å². The zero-order valence-electron chi connectivity index (χ0n) is 7.72. The third-order valence-corrected chi connectivity index (χ3v) is 3.09. The highest BCUT2D eigenvalue weighted by molar-refractivity contribution is 6.33. The fourth-order valence-electron chi connectivity index (χ4n) is 1.16. The van der Waals surface area contributed by atoms with E-state index in [0.29, 0.717) is 0 Å². The van der Waals surface area contributed by atoms with Crippen LogP contribution in [0.5, 0.6) is 0 Å². The minimum Gasteiger partial charge on any atom is -0.385 e. The van der Waals surface area contributed by atoms with Crippen molar-refractivity contribution >= 4 is 15.2 Å². The molecule has 1 N–H and O–H groups in total. The Labute approximate surface area is 77.0 Å². The first-order valence-corrected chi connectivity index (χ1v) is 7.14. The highest BCUT2D eigenvalue weighted by Gasteiger charge is 1.88. The van der Waals surface area contributed by atoms with Crippen molar-refractivity contribution in [2.24, 2.45) is 0 Å². The summed E-state index contributed by atoms with van der Waals surface area (Å²) in [6.45, 7) is 3.49. The molecule has 0 atom stereocenters. The van der Waals surface area contributed by atoms with E-state index < -0.39 is 0 Å². The van der Waals surface area contributed by atoms with E-state index in [1.54, 1.807) is 0 Å². The summed E-state index contributed by atoms with van der Waals surface area (Å²) < 4.78 is 0. The molecule has 0 aromatic heterocycles. The number of hydrogen-bond donors (Lipinski definition) is 1. The summed E-state index contributed by atoms with van der Waals surface area (Å²) >= 11 is 0. The Kier molecular flexibility index (Phi) is 4.53. The van der Waals surface area contributed by atoms with E-state index >= 15 is 0 Å². The molecule has 0 spiro atoms. The predicted molar refractivity (Wildman–Crippen MR) is 58.8 cm³/mol. The van der Waals surface area contributed by atoms with Crippen molar-refractivity contribution < 1.29 is 0 Å². The van der Waals surface area contributed by atoms with Crippen LogP contribution in [0.3, 0.4) is 0 Å². The predicted octanol–water partition coefficient (Wildman–Crippen LogP) is 2.12. The SMILES string of the molecule is C[SiH2]CCCNc1ccccc1. The van der Waals surface area contributed by atoms with E-state index in [0.717, 1.165) is 6.54 Å². The molecule has 0 bridgehead atoms. The third kappa shape index (κ3) is 3.58. The van der Waals surface area contributed by atoms with Crippen LogP contribution < -0.4 is 5.32 Å².